The number of halogens is 1. The first-order valence-corrected chi connectivity index (χ1v) is 8.73. The van der Waals surface area contributed by atoms with E-state index in [-0.39, 0.29) is 11.3 Å². The average molecular weight is 396 g/mol. The van der Waals surface area contributed by atoms with Crippen molar-refractivity contribution in [3.05, 3.63) is 80.8 Å². The second kappa shape index (κ2) is 6.86. The van der Waals surface area contributed by atoms with Crippen molar-refractivity contribution >= 4 is 45.3 Å². The number of benzene rings is 2. The molecule has 0 bridgehead atoms. The third kappa shape index (κ3) is 3.12. The molecule has 0 aliphatic heterocycles. The zero-order valence-electron chi connectivity index (χ0n) is 14.6. The zero-order valence-corrected chi connectivity index (χ0v) is 15.4. The van der Waals surface area contributed by atoms with Gasteiger partial charge in [-0.25, -0.2) is 4.79 Å². The third-order valence-corrected chi connectivity index (χ3v) is 4.66. The molecule has 8 heteroatoms. The first-order valence-electron chi connectivity index (χ1n) is 8.35. The van der Waals surface area contributed by atoms with E-state index in [9.17, 15) is 14.4 Å². The highest BCUT2D eigenvalue weighted by Crippen LogP contribution is 2.24. The minimum absolute atomic E-state index is 0.209. The maximum absolute atomic E-state index is 12.5. The molecule has 0 radical (unpaired) electrons. The summed E-state index contributed by atoms with van der Waals surface area (Å²) in [5.74, 6) is -1.33. The number of hydrogen-bond acceptors (Lipinski definition) is 4. The van der Waals surface area contributed by atoms with E-state index in [2.05, 4.69) is 15.8 Å². The van der Waals surface area contributed by atoms with Gasteiger partial charge in [0.25, 0.3) is 11.8 Å². The van der Waals surface area contributed by atoms with E-state index >= 15 is 0 Å². The summed E-state index contributed by atoms with van der Waals surface area (Å²) >= 11 is 6.00. The Balaban J connectivity index is 1.55. The number of hydrogen-bond donors (Lipinski definition) is 3. The van der Waals surface area contributed by atoms with Crippen molar-refractivity contribution in [2.75, 3.05) is 0 Å². The minimum atomic E-state index is -0.790. The number of hydrazine groups is 1. The second-order valence-corrected chi connectivity index (χ2v) is 6.64. The smallest absolute Gasteiger partial charge is 0.349 e. The number of H-pyrrole nitrogens is 1. The molecular weight excluding hydrogens is 382 g/mol. The highest BCUT2D eigenvalue weighted by atomic mass is 35.5. The van der Waals surface area contributed by atoms with Crippen LogP contribution in [0.25, 0.3) is 21.9 Å². The molecule has 28 heavy (non-hydrogen) atoms. The summed E-state index contributed by atoms with van der Waals surface area (Å²) < 4.78 is 5.13. The van der Waals surface area contributed by atoms with E-state index in [0.717, 1.165) is 10.9 Å². The molecule has 4 aromatic rings. The molecule has 140 valence electrons. The van der Waals surface area contributed by atoms with Gasteiger partial charge in [0.05, 0.1) is 0 Å². The van der Waals surface area contributed by atoms with E-state index in [4.69, 9.17) is 16.0 Å². The van der Waals surface area contributed by atoms with Crippen molar-refractivity contribution < 1.29 is 14.0 Å². The van der Waals surface area contributed by atoms with E-state index in [1.54, 1.807) is 49.4 Å². The molecule has 0 spiro atoms. The second-order valence-electron chi connectivity index (χ2n) is 6.21. The summed E-state index contributed by atoms with van der Waals surface area (Å²) in [6, 6.07) is 13.5. The molecule has 2 aromatic carbocycles. The fourth-order valence-corrected chi connectivity index (χ4v) is 3.16. The monoisotopic (exact) mass is 395 g/mol. The van der Waals surface area contributed by atoms with Gasteiger partial charge in [0, 0.05) is 21.3 Å². The third-order valence-electron chi connectivity index (χ3n) is 4.42. The lowest BCUT2D eigenvalue weighted by atomic mass is 10.1. The van der Waals surface area contributed by atoms with E-state index in [1.165, 1.54) is 6.07 Å². The summed E-state index contributed by atoms with van der Waals surface area (Å²) in [5, 5.41) is 1.96. The summed E-state index contributed by atoms with van der Waals surface area (Å²) in [6.07, 6.45) is 0. The molecule has 2 aromatic heterocycles. The average Bonchev–Trinajstić information content (AvgIpc) is 3.01. The van der Waals surface area contributed by atoms with Crippen molar-refractivity contribution in [1.82, 2.24) is 15.8 Å². The molecule has 0 unspecified atom stereocenters. The minimum Gasteiger partial charge on any atom is -0.422 e. The molecule has 4 rings (SSSR count). The standard InChI is InChI=1S/C20H14ClN3O4/c1-10-13-9-12(21)6-7-15(13)22-17(10)19(26)24-23-18(25)14-8-11-4-2-3-5-16(11)28-20(14)27/h2-9,22H,1H3,(H,23,25)(H,24,26). The molecule has 3 N–H and O–H groups in total. The predicted octanol–water partition coefficient (Wildman–Crippen LogP) is 3.31. The maximum Gasteiger partial charge on any atom is 0.349 e. The van der Waals surface area contributed by atoms with Crippen LogP contribution in [-0.4, -0.2) is 16.8 Å². The number of para-hydroxylation sites is 1. The lowest BCUT2D eigenvalue weighted by Gasteiger charge is -2.07. The molecule has 7 nitrogen and oxygen atoms in total. The number of amides is 2. The van der Waals surface area contributed by atoms with E-state index in [0.29, 0.717) is 21.6 Å². The first kappa shape index (κ1) is 17.8. The van der Waals surface area contributed by atoms with Crippen LogP contribution >= 0.6 is 11.6 Å². The molecule has 0 saturated carbocycles. The molecular formula is C20H14ClN3O4. The summed E-state index contributed by atoms with van der Waals surface area (Å²) in [4.78, 5) is 39.8. The van der Waals surface area contributed by atoms with Gasteiger partial charge in [-0.1, -0.05) is 29.8 Å². The Bertz CT molecular complexity index is 1310. The van der Waals surface area contributed by atoms with Crippen molar-refractivity contribution in [3.63, 3.8) is 0 Å². The Morgan fingerprint density at radius 3 is 2.61 bits per heavy atom. The van der Waals surface area contributed by atoms with Crippen molar-refractivity contribution in [2.24, 2.45) is 0 Å². The summed E-state index contributed by atoms with van der Waals surface area (Å²) in [6.45, 7) is 1.77. The zero-order chi connectivity index (χ0) is 19.8. The number of aryl methyl sites for hydroxylation is 1. The molecule has 0 atom stereocenters. The van der Waals surface area contributed by atoms with Gasteiger partial charge in [-0.3, -0.25) is 20.4 Å². The Kier molecular flexibility index (Phi) is 4.37. The van der Waals surface area contributed by atoms with Crippen LogP contribution in [0.4, 0.5) is 0 Å². The molecule has 0 aliphatic carbocycles. The number of carbonyl (C=O) groups is 2. The van der Waals surface area contributed by atoms with Crippen LogP contribution < -0.4 is 16.5 Å². The lowest BCUT2D eigenvalue weighted by Crippen LogP contribution is -2.43. The van der Waals surface area contributed by atoms with Crippen LogP contribution in [0.5, 0.6) is 0 Å². The van der Waals surface area contributed by atoms with Crippen molar-refractivity contribution in [2.45, 2.75) is 6.92 Å². The number of nitrogens with one attached hydrogen (secondary N) is 3. The molecule has 2 amide bonds. The van der Waals surface area contributed by atoms with Crippen molar-refractivity contribution in [3.8, 4) is 0 Å². The van der Waals surface area contributed by atoms with Gasteiger partial charge in [-0.05, 0) is 42.8 Å². The quantitative estimate of drug-likeness (QED) is 0.357. The van der Waals surface area contributed by atoms with Gasteiger partial charge < -0.3 is 9.40 Å². The first-order chi connectivity index (χ1) is 13.4. The Labute approximate surface area is 163 Å². The predicted molar refractivity (Wildman–Crippen MR) is 105 cm³/mol. The van der Waals surface area contributed by atoms with Gasteiger partial charge in [-0.2, -0.15) is 0 Å². The van der Waals surface area contributed by atoms with Crippen LogP contribution in [-0.2, 0) is 0 Å². The van der Waals surface area contributed by atoms with Gasteiger partial charge in [-0.15, -0.1) is 0 Å². The van der Waals surface area contributed by atoms with Crippen LogP contribution in [0.1, 0.15) is 26.4 Å². The fraction of sp³-hybridized carbons (Fsp3) is 0.0500. The maximum atomic E-state index is 12.5. The topological polar surface area (TPSA) is 104 Å². The Morgan fingerprint density at radius 2 is 1.79 bits per heavy atom. The molecule has 0 fully saturated rings. The van der Waals surface area contributed by atoms with E-state index < -0.39 is 17.4 Å². The van der Waals surface area contributed by atoms with Crippen LogP contribution in [0.3, 0.4) is 0 Å². The van der Waals surface area contributed by atoms with Gasteiger partial charge in [0.15, 0.2) is 0 Å². The van der Waals surface area contributed by atoms with Gasteiger partial charge >= 0.3 is 5.63 Å². The Hall–Kier alpha value is -3.58. The number of fused-ring (bicyclic) bond motifs is 2. The number of rotatable bonds is 2. The van der Waals surface area contributed by atoms with Crippen LogP contribution in [0.2, 0.25) is 5.02 Å². The fourth-order valence-electron chi connectivity index (χ4n) is 2.99. The van der Waals surface area contributed by atoms with Crippen LogP contribution in [0, 0.1) is 6.92 Å². The number of carbonyl (C=O) groups excluding carboxylic acids is 2. The Morgan fingerprint density at radius 1 is 1.04 bits per heavy atom. The molecule has 0 saturated heterocycles. The SMILES string of the molecule is Cc1c(C(=O)NNC(=O)c2cc3ccccc3oc2=O)[nH]c2ccc(Cl)cc12. The van der Waals surface area contributed by atoms with Crippen molar-refractivity contribution in [1.29, 1.82) is 0 Å². The van der Waals surface area contributed by atoms with Crippen LogP contribution in [0.15, 0.2) is 57.7 Å². The van der Waals surface area contributed by atoms with Gasteiger partial charge in [0.1, 0.15) is 16.8 Å². The highest BCUT2D eigenvalue weighted by Gasteiger charge is 2.18. The number of aromatic amines is 1. The normalized spacial score (nSPS) is 10.9. The lowest BCUT2D eigenvalue weighted by molar-refractivity contribution is 0.0842. The largest absolute Gasteiger partial charge is 0.422 e. The van der Waals surface area contributed by atoms with E-state index in [1.807, 2.05) is 0 Å². The molecule has 2 heterocycles. The highest BCUT2D eigenvalue weighted by molar-refractivity contribution is 6.31. The molecule has 0 aliphatic rings. The summed E-state index contributed by atoms with van der Waals surface area (Å²) in [5.41, 5.74) is 5.64. The summed E-state index contributed by atoms with van der Waals surface area (Å²) in [7, 11) is 0. The van der Waals surface area contributed by atoms with Gasteiger partial charge in [0.2, 0.25) is 0 Å². The number of aromatic nitrogens is 1.